The smallest absolute Gasteiger partial charge is 0.0293 e. The zero-order valence-corrected chi connectivity index (χ0v) is 10.9. The Morgan fingerprint density at radius 2 is 2.24 bits per heavy atom. The van der Waals surface area contributed by atoms with Crippen molar-refractivity contribution in [2.24, 2.45) is 5.92 Å². The van der Waals surface area contributed by atoms with Gasteiger partial charge in [-0.05, 0) is 63.5 Å². The van der Waals surface area contributed by atoms with Crippen LogP contribution in [0, 0.1) is 5.92 Å². The van der Waals surface area contributed by atoms with E-state index < -0.39 is 0 Å². The largest absolute Gasteiger partial charge is 0.310 e. The molecular weight excluding hydrogens is 210 g/mol. The molecule has 1 saturated heterocycles. The van der Waals surface area contributed by atoms with Gasteiger partial charge in [-0.2, -0.15) is 0 Å². The second-order valence-corrected chi connectivity index (χ2v) is 5.18. The third kappa shape index (κ3) is 3.79. The Labute approximate surface area is 104 Å². The molecule has 17 heavy (non-hydrogen) atoms. The molecule has 3 nitrogen and oxygen atoms in total. The number of hydrogen-bond acceptors (Lipinski definition) is 3. The molecule has 0 aliphatic carbocycles. The average Bonchev–Trinajstić information content (AvgIpc) is 2.37. The van der Waals surface area contributed by atoms with E-state index in [1.54, 1.807) is 0 Å². The number of likely N-dealkylation sites (tertiary alicyclic amines) is 1. The number of nitrogens with one attached hydrogen (secondary N) is 1. The molecule has 0 bridgehead atoms. The van der Waals surface area contributed by atoms with Gasteiger partial charge in [0.05, 0.1) is 0 Å². The molecule has 0 radical (unpaired) electrons. The predicted molar refractivity (Wildman–Crippen MR) is 70.9 cm³/mol. The van der Waals surface area contributed by atoms with Crippen LogP contribution in [-0.4, -0.2) is 36.6 Å². The van der Waals surface area contributed by atoms with Gasteiger partial charge in [0.1, 0.15) is 0 Å². The minimum atomic E-state index is 0.422. The maximum absolute atomic E-state index is 4.05. The second-order valence-electron chi connectivity index (χ2n) is 5.18. The van der Waals surface area contributed by atoms with Gasteiger partial charge in [-0.15, -0.1) is 0 Å². The number of hydrogen-bond donors (Lipinski definition) is 1. The molecule has 2 rings (SSSR count). The summed E-state index contributed by atoms with van der Waals surface area (Å²) < 4.78 is 0. The molecular formula is C14H23N3. The third-order valence-electron chi connectivity index (χ3n) is 3.64. The molecule has 1 aliphatic rings. The molecule has 0 amide bonds. The summed E-state index contributed by atoms with van der Waals surface area (Å²) in [6.07, 6.45) is 6.43. The van der Waals surface area contributed by atoms with Gasteiger partial charge in [0.15, 0.2) is 0 Å². The zero-order valence-electron chi connectivity index (χ0n) is 10.9. The van der Waals surface area contributed by atoms with Gasteiger partial charge < -0.3 is 10.2 Å². The maximum Gasteiger partial charge on any atom is 0.0293 e. The summed E-state index contributed by atoms with van der Waals surface area (Å²) in [5.74, 6) is 0.804. The lowest BCUT2D eigenvalue weighted by Crippen LogP contribution is -2.37. The van der Waals surface area contributed by atoms with E-state index in [9.17, 15) is 0 Å². The van der Waals surface area contributed by atoms with Crippen molar-refractivity contribution in [3.8, 4) is 0 Å². The lowest BCUT2D eigenvalue weighted by molar-refractivity contribution is 0.203. The SMILES string of the molecule is CC(NCC1CCCN(C)C1)c1ccncc1. The Morgan fingerprint density at radius 3 is 2.94 bits per heavy atom. The first-order valence-electron chi connectivity index (χ1n) is 6.57. The monoisotopic (exact) mass is 233 g/mol. The van der Waals surface area contributed by atoms with Crippen LogP contribution in [0.25, 0.3) is 0 Å². The highest BCUT2D eigenvalue weighted by molar-refractivity contribution is 5.13. The first-order chi connectivity index (χ1) is 8.25. The van der Waals surface area contributed by atoms with Crippen LogP contribution in [-0.2, 0) is 0 Å². The van der Waals surface area contributed by atoms with Gasteiger partial charge in [0.25, 0.3) is 0 Å². The Morgan fingerprint density at radius 1 is 1.47 bits per heavy atom. The highest BCUT2D eigenvalue weighted by Crippen LogP contribution is 2.16. The normalized spacial score (nSPS) is 23.5. The van der Waals surface area contributed by atoms with E-state index in [2.05, 4.69) is 41.3 Å². The Hall–Kier alpha value is -0.930. The molecule has 0 aromatic carbocycles. The van der Waals surface area contributed by atoms with Crippen molar-refractivity contribution in [2.45, 2.75) is 25.8 Å². The topological polar surface area (TPSA) is 28.2 Å². The summed E-state index contributed by atoms with van der Waals surface area (Å²) in [7, 11) is 2.22. The lowest BCUT2D eigenvalue weighted by Gasteiger charge is -2.30. The number of pyridine rings is 1. The van der Waals surface area contributed by atoms with E-state index in [1.807, 2.05) is 12.4 Å². The molecule has 94 valence electrons. The summed E-state index contributed by atoms with van der Waals surface area (Å²) in [4.78, 5) is 6.49. The van der Waals surface area contributed by atoms with Gasteiger partial charge >= 0.3 is 0 Å². The highest BCUT2D eigenvalue weighted by atomic mass is 15.1. The van der Waals surface area contributed by atoms with Gasteiger partial charge in [0, 0.05) is 25.0 Å². The van der Waals surface area contributed by atoms with Crippen molar-refractivity contribution >= 4 is 0 Å². The molecule has 0 spiro atoms. The minimum Gasteiger partial charge on any atom is -0.310 e. The third-order valence-corrected chi connectivity index (χ3v) is 3.64. The molecule has 2 heterocycles. The van der Waals surface area contributed by atoms with E-state index in [-0.39, 0.29) is 0 Å². The highest BCUT2D eigenvalue weighted by Gasteiger charge is 2.17. The minimum absolute atomic E-state index is 0.422. The molecule has 0 saturated carbocycles. The van der Waals surface area contributed by atoms with Crippen molar-refractivity contribution in [3.05, 3.63) is 30.1 Å². The zero-order chi connectivity index (χ0) is 12.1. The number of rotatable bonds is 4. The van der Waals surface area contributed by atoms with Crippen LogP contribution in [0.2, 0.25) is 0 Å². The van der Waals surface area contributed by atoms with Gasteiger partial charge in [-0.25, -0.2) is 0 Å². The van der Waals surface area contributed by atoms with Crippen LogP contribution in [0.5, 0.6) is 0 Å². The summed E-state index contributed by atoms with van der Waals surface area (Å²) >= 11 is 0. The van der Waals surface area contributed by atoms with Crippen LogP contribution < -0.4 is 5.32 Å². The standard InChI is InChI=1S/C14H23N3/c1-12(14-5-7-15-8-6-14)16-10-13-4-3-9-17(2)11-13/h5-8,12-13,16H,3-4,9-11H2,1-2H3. The van der Waals surface area contributed by atoms with E-state index in [1.165, 1.54) is 31.5 Å². The van der Waals surface area contributed by atoms with Crippen LogP contribution in [0.15, 0.2) is 24.5 Å². The molecule has 2 atom stereocenters. The Bertz CT molecular complexity index is 325. The number of nitrogens with zero attached hydrogens (tertiary/aromatic N) is 2. The van der Waals surface area contributed by atoms with E-state index in [4.69, 9.17) is 0 Å². The van der Waals surface area contributed by atoms with Gasteiger partial charge in [-0.1, -0.05) is 0 Å². The summed E-state index contributed by atoms with van der Waals surface area (Å²) in [6.45, 7) is 5.84. The van der Waals surface area contributed by atoms with Crippen molar-refractivity contribution < 1.29 is 0 Å². The molecule has 1 aromatic rings. The quantitative estimate of drug-likeness (QED) is 0.863. The fourth-order valence-corrected chi connectivity index (χ4v) is 2.55. The maximum atomic E-state index is 4.05. The Balaban J connectivity index is 1.78. The van der Waals surface area contributed by atoms with Crippen molar-refractivity contribution in [3.63, 3.8) is 0 Å². The van der Waals surface area contributed by atoms with Crippen LogP contribution >= 0.6 is 0 Å². The Kier molecular flexibility index (Phi) is 4.51. The van der Waals surface area contributed by atoms with Gasteiger partial charge in [0.2, 0.25) is 0 Å². The molecule has 1 N–H and O–H groups in total. The summed E-state index contributed by atoms with van der Waals surface area (Å²) in [6, 6.07) is 4.60. The number of aromatic nitrogens is 1. The predicted octanol–water partition coefficient (Wildman–Crippen LogP) is 2.07. The molecule has 1 aromatic heterocycles. The van der Waals surface area contributed by atoms with Gasteiger partial charge in [-0.3, -0.25) is 4.98 Å². The molecule has 3 heteroatoms. The van der Waals surface area contributed by atoms with Crippen LogP contribution in [0.1, 0.15) is 31.4 Å². The van der Waals surface area contributed by atoms with Crippen LogP contribution in [0.3, 0.4) is 0 Å². The second kappa shape index (κ2) is 6.12. The average molecular weight is 233 g/mol. The lowest BCUT2D eigenvalue weighted by atomic mass is 9.98. The summed E-state index contributed by atoms with van der Waals surface area (Å²) in [5.41, 5.74) is 1.32. The molecule has 2 unspecified atom stereocenters. The molecule has 1 aliphatic heterocycles. The van der Waals surface area contributed by atoms with Crippen molar-refractivity contribution in [1.29, 1.82) is 0 Å². The van der Waals surface area contributed by atoms with Crippen molar-refractivity contribution in [2.75, 3.05) is 26.7 Å². The van der Waals surface area contributed by atoms with E-state index in [0.29, 0.717) is 6.04 Å². The van der Waals surface area contributed by atoms with Crippen LogP contribution in [0.4, 0.5) is 0 Å². The molecule has 1 fully saturated rings. The van der Waals surface area contributed by atoms with Crippen molar-refractivity contribution in [1.82, 2.24) is 15.2 Å². The first kappa shape index (κ1) is 12.5. The number of piperidine rings is 1. The fourth-order valence-electron chi connectivity index (χ4n) is 2.55. The first-order valence-corrected chi connectivity index (χ1v) is 6.57. The fraction of sp³-hybridized carbons (Fsp3) is 0.643. The van der Waals surface area contributed by atoms with E-state index >= 15 is 0 Å². The van der Waals surface area contributed by atoms with E-state index in [0.717, 1.165) is 12.5 Å². The summed E-state index contributed by atoms with van der Waals surface area (Å²) in [5, 5.41) is 3.63.